The van der Waals surface area contributed by atoms with E-state index in [0.29, 0.717) is 0 Å². The second-order valence-corrected chi connectivity index (χ2v) is 2.75. The predicted molar refractivity (Wildman–Crippen MR) is 40.4 cm³/mol. The molecule has 6 heteroatoms. The summed E-state index contributed by atoms with van der Waals surface area (Å²) in [5.41, 5.74) is 8.15. The molecule has 0 aromatic heterocycles. The first-order valence-electron chi connectivity index (χ1n) is 3.69. The number of hydrogen-bond donors (Lipinski definition) is 2. The van der Waals surface area contributed by atoms with Crippen LogP contribution in [0.25, 0.3) is 10.4 Å². The van der Waals surface area contributed by atoms with Crippen LogP contribution in [0.1, 0.15) is 6.92 Å². The molecule has 2 unspecified atom stereocenters. The number of hydrogen-bond acceptors (Lipinski definition) is 4. The van der Waals surface area contributed by atoms with Crippen LogP contribution in [0.15, 0.2) is 5.11 Å². The van der Waals surface area contributed by atoms with Gasteiger partial charge in [-0.05, 0) is 12.5 Å². The van der Waals surface area contributed by atoms with Gasteiger partial charge in [0.2, 0.25) is 0 Å². The summed E-state index contributed by atoms with van der Waals surface area (Å²) in [5.74, 6) is 0. The topological polar surface area (TPSA) is 98.5 Å². The van der Waals surface area contributed by atoms with Crippen molar-refractivity contribution < 1.29 is 14.9 Å². The van der Waals surface area contributed by atoms with Gasteiger partial charge in [-0.25, -0.2) is 0 Å². The molecule has 0 bridgehead atoms. The maximum absolute atomic E-state index is 9.39. The zero-order valence-electron chi connectivity index (χ0n) is 6.66. The standard InChI is InChI=1S/C6H11N3O3/c1-3-6(11)5(8-9-7)4(2-10)12-3/h3-6,10-11H,2H2,1H3/t3?,4-,5+,6?/m1/s1. The Morgan fingerprint density at radius 3 is 2.83 bits per heavy atom. The Kier molecular flexibility index (Phi) is 2.88. The molecular formula is C6H11N3O3. The van der Waals surface area contributed by atoms with E-state index in [9.17, 15) is 5.11 Å². The van der Waals surface area contributed by atoms with Crippen LogP contribution in [0.5, 0.6) is 0 Å². The van der Waals surface area contributed by atoms with Crippen LogP contribution in [-0.2, 0) is 4.74 Å². The summed E-state index contributed by atoms with van der Waals surface area (Å²) in [6, 6.07) is -0.671. The minimum Gasteiger partial charge on any atom is -0.394 e. The number of nitrogens with zero attached hydrogens (tertiary/aromatic N) is 3. The maximum atomic E-state index is 9.39. The van der Waals surface area contributed by atoms with Crippen molar-refractivity contribution in [1.82, 2.24) is 0 Å². The van der Waals surface area contributed by atoms with E-state index in [4.69, 9.17) is 15.4 Å². The molecule has 6 nitrogen and oxygen atoms in total. The minimum atomic E-state index is -0.821. The Balaban J connectivity index is 2.72. The van der Waals surface area contributed by atoms with Crippen LogP contribution in [0, 0.1) is 0 Å². The number of aliphatic hydroxyl groups is 2. The van der Waals surface area contributed by atoms with Gasteiger partial charge < -0.3 is 14.9 Å². The van der Waals surface area contributed by atoms with Gasteiger partial charge in [0.1, 0.15) is 0 Å². The van der Waals surface area contributed by atoms with Crippen molar-refractivity contribution in [2.24, 2.45) is 5.11 Å². The summed E-state index contributed by atoms with van der Waals surface area (Å²) in [6.07, 6.45) is -1.79. The van der Waals surface area contributed by atoms with Gasteiger partial charge >= 0.3 is 0 Å². The van der Waals surface area contributed by atoms with E-state index in [2.05, 4.69) is 10.0 Å². The first kappa shape index (κ1) is 9.28. The van der Waals surface area contributed by atoms with Crippen LogP contribution in [-0.4, -0.2) is 41.2 Å². The fourth-order valence-corrected chi connectivity index (χ4v) is 1.29. The van der Waals surface area contributed by atoms with Crippen molar-refractivity contribution in [2.75, 3.05) is 6.61 Å². The molecule has 0 aliphatic carbocycles. The van der Waals surface area contributed by atoms with Gasteiger partial charge in [0.25, 0.3) is 0 Å². The Labute approximate surface area is 69.4 Å². The Hall–Kier alpha value is -0.810. The van der Waals surface area contributed by atoms with Crippen molar-refractivity contribution in [2.45, 2.75) is 31.3 Å². The summed E-state index contributed by atoms with van der Waals surface area (Å²) in [4.78, 5) is 2.57. The van der Waals surface area contributed by atoms with Crippen molar-refractivity contribution in [3.05, 3.63) is 10.4 Å². The SMILES string of the molecule is CC1O[C@H](CO)[C@H](N=[N+]=[N-])C1O. The van der Waals surface area contributed by atoms with E-state index in [1.807, 2.05) is 0 Å². The molecular weight excluding hydrogens is 162 g/mol. The highest BCUT2D eigenvalue weighted by Gasteiger charge is 2.40. The van der Waals surface area contributed by atoms with Crippen LogP contribution in [0.4, 0.5) is 0 Å². The highest BCUT2D eigenvalue weighted by atomic mass is 16.5. The molecule has 0 saturated carbocycles. The molecule has 0 spiro atoms. The fourth-order valence-electron chi connectivity index (χ4n) is 1.29. The lowest BCUT2D eigenvalue weighted by Gasteiger charge is -2.11. The molecule has 0 amide bonds. The Bertz CT molecular complexity index is 204. The average molecular weight is 173 g/mol. The van der Waals surface area contributed by atoms with E-state index in [-0.39, 0.29) is 6.61 Å². The maximum Gasteiger partial charge on any atom is 0.0943 e. The highest BCUT2D eigenvalue weighted by Crippen LogP contribution is 2.23. The summed E-state index contributed by atoms with van der Waals surface area (Å²) in [5, 5.41) is 21.5. The second-order valence-electron chi connectivity index (χ2n) is 2.75. The first-order chi connectivity index (χ1) is 5.70. The molecule has 2 N–H and O–H groups in total. The highest BCUT2D eigenvalue weighted by molar-refractivity contribution is 4.93. The van der Waals surface area contributed by atoms with Gasteiger partial charge in [-0.15, -0.1) is 0 Å². The van der Waals surface area contributed by atoms with Crippen LogP contribution in [0.3, 0.4) is 0 Å². The normalized spacial score (nSPS) is 40.9. The average Bonchev–Trinajstić information content (AvgIpc) is 2.33. The van der Waals surface area contributed by atoms with Gasteiger partial charge in [0, 0.05) is 4.91 Å². The van der Waals surface area contributed by atoms with Gasteiger partial charge in [-0.1, -0.05) is 5.11 Å². The summed E-state index contributed by atoms with van der Waals surface area (Å²) < 4.78 is 5.12. The van der Waals surface area contributed by atoms with Gasteiger partial charge in [0.05, 0.1) is 31.0 Å². The molecule has 1 aliphatic rings. The minimum absolute atomic E-state index is 0.245. The van der Waals surface area contributed by atoms with Crippen LogP contribution < -0.4 is 0 Å². The lowest BCUT2D eigenvalue weighted by Crippen LogP contribution is -2.31. The molecule has 0 radical (unpaired) electrons. The number of aliphatic hydroxyl groups excluding tert-OH is 2. The Morgan fingerprint density at radius 1 is 1.67 bits per heavy atom. The molecule has 1 heterocycles. The molecule has 12 heavy (non-hydrogen) atoms. The predicted octanol–water partition coefficient (Wildman–Crippen LogP) is -0.194. The van der Waals surface area contributed by atoms with E-state index in [1.165, 1.54) is 0 Å². The largest absolute Gasteiger partial charge is 0.394 e. The van der Waals surface area contributed by atoms with E-state index in [0.717, 1.165) is 0 Å². The van der Waals surface area contributed by atoms with Gasteiger partial charge in [0.15, 0.2) is 0 Å². The van der Waals surface area contributed by atoms with E-state index < -0.39 is 24.4 Å². The van der Waals surface area contributed by atoms with Crippen molar-refractivity contribution in [1.29, 1.82) is 0 Å². The lowest BCUT2D eigenvalue weighted by molar-refractivity contribution is -0.000131. The third kappa shape index (κ3) is 1.51. The summed E-state index contributed by atoms with van der Waals surface area (Å²) in [7, 11) is 0. The molecule has 1 aliphatic heterocycles. The third-order valence-corrected chi connectivity index (χ3v) is 1.97. The van der Waals surface area contributed by atoms with Crippen molar-refractivity contribution in [3.8, 4) is 0 Å². The first-order valence-corrected chi connectivity index (χ1v) is 3.69. The summed E-state index contributed by atoms with van der Waals surface area (Å²) >= 11 is 0. The van der Waals surface area contributed by atoms with Crippen LogP contribution in [0.2, 0.25) is 0 Å². The van der Waals surface area contributed by atoms with Crippen molar-refractivity contribution in [3.63, 3.8) is 0 Å². The molecule has 68 valence electrons. The zero-order valence-corrected chi connectivity index (χ0v) is 6.66. The van der Waals surface area contributed by atoms with E-state index >= 15 is 0 Å². The quantitative estimate of drug-likeness (QED) is 0.344. The number of rotatable bonds is 2. The zero-order chi connectivity index (χ0) is 9.14. The fraction of sp³-hybridized carbons (Fsp3) is 1.00. The number of azide groups is 1. The van der Waals surface area contributed by atoms with E-state index in [1.54, 1.807) is 6.92 Å². The monoisotopic (exact) mass is 173 g/mol. The third-order valence-electron chi connectivity index (χ3n) is 1.97. The van der Waals surface area contributed by atoms with Gasteiger partial charge in [-0.3, -0.25) is 0 Å². The molecule has 0 aromatic rings. The summed E-state index contributed by atoms with van der Waals surface area (Å²) in [6.45, 7) is 1.42. The lowest BCUT2D eigenvalue weighted by atomic mass is 10.1. The van der Waals surface area contributed by atoms with Crippen molar-refractivity contribution >= 4 is 0 Å². The molecule has 4 atom stereocenters. The molecule has 1 rings (SSSR count). The van der Waals surface area contributed by atoms with Gasteiger partial charge in [-0.2, -0.15) is 0 Å². The smallest absolute Gasteiger partial charge is 0.0943 e. The number of ether oxygens (including phenoxy) is 1. The molecule has 1 fully saturated rings. The Morgan fingerprint density at radius 2 is 2.33 bits per heavy atom. The van der Waals surface area contributed by atoms with Crippen LogP contribution >= 0.6 is 0 Å². The molecule has 1 saturated heterocycles. The molecule has 0 aromatic carbocycles. The second kappa shape index (κ2) is 3.73.